The van der Waals surface area contributed by atoms with Crippen LogP contribution in [0.15, 0.2) is 42.5 Å². The molecule has 0 saturated carbocycles. The molecule has 0 aromatic heterocycles. The lowest BCUT2D eigenvalue weighted by molar-refractivity contribution is 0.681. The third kappa shape index (κ3) is 3.91. The molecule has 0 bridgehead atoms. The molecule has 1 unspecified atom stereocenters. The van der Waals surface area contributed by atoms with Crippen molar-refractivity contribution in [1.82, 2.24) is 0 Å². The fraction of sp³-hybridized carbons (Fsp3) is 0.294. The molecule has 0 amide bonds. The minimum atomic E-state index is 0.0358. The molecule has 4 heteroatoms. The Bertz CT molecular complexity index is 576. The average molecular weight is 323 g/mol. The molecule has 0 radical (unpaired) electrons. The molecule has 0 spiro atoms. The molecule has 0 heterocycles. The van der Waals surface area contributed by atoms with E-state index < -0.39 is 0 Å². The molecular formula is C17H20Cl2N2. The Morgan fingerprint density at radius 3 is 2.10 bits per heavy atom. The average Bonchev–Trinajstić information content (AvgIpc) is 2.47. The molecule has 21 heavy (non-hydrogen) atoms. The van der Waals surface area contributed by atoms with E-state index in [2.05, 4.69) is 36.1 Å². The summed E-state index contributed by atoms with van der Waals surface area (Å²) in [5.41, 5.74) is 9.44. The predicted molar refractivity (Wildman–Crippen MR) is 92.5 cm³/mol. The monoisotopic (exact) mass is 322 g/mol. The highest BCUT2D eigenvalue weighted by Gasteiger charge is 2.17. The fourth-order valence-electron chi connectivity index (χ4n) is 2.43. The number of halogens is 2. The summed E-state index contributed by atoms with van der Waals surface area (Å²) in [7, 11) is 2.04. The molecule has 2 aromatic rings. The Labute approximate surface area is 136 Å². The number of aryl methyl sites for hydroxylation is 1. The first-order chi connectivity index (χ1) is 10.0. The van der Waals surface area contributed by atoms with Gasteiger partial charge in [0.25, 0.3) is 0 Å². The lowest BCUT2D eigenvalue weighted by Crippen LogP contribution is -2.30. The van der Waals surface area contributed by atoms with Gasteiger partial charge in [-0.15, -0.1) is 0 Å². The Kier molecular flexibility index (Phi) is 5.51. The molecule has 2 N–H and O–H groups in total. The summed E-state index contributed by atoms with van der Waals surface area (Å²) in [6, 6.07) is 14.1. The number of likely N-dealkylation sites (N-methyl/N-ethyl adjacent to an activating group) is 1. The van der Waals surface area contributed by atoms with Crippen molar-refractivity contribution >= 4 is 28.9 Å². The number of hydrogen-bond acceptors (Lipinski definition) is 2. The van der Waals surface area contributed by atoms with Gasteiger partial charge in [0.1, 0.15) is 0 Å². The molecule has 0 aliphatic heterocycles. The van der Waals surface area contributed by atoms with Gasteiger partial charge in [-0.05, 0) is 47.9 Å². The van der Waals surface area contributed by atoms with Crippen LogP contribution in [0, 0.1) is 0 Å². The Morgan fingerprint density at radius 2 is 1.62 bits per heavy atom. The largest absolute Gasteiger partial charge is 0.366 e. The maximum atomic E-state index is 6.10. The highest BCUT2D eigenvalue weighted by atomic mass is 35.5. The van der Waals surface area contributed by atoms with Crippen LogP contribution in [0.3, 0.4) is 0 Å². The topological polar surface area (TPSA) is 29.3 Å². The Hall–Kier alpha value is -1.22. The van der Waals surface area contributed by atoms with Gasteiger partial charge in [0.2, 0.25) is 0 Å². The van der Waals surface area contributed by atoms with E-state index in [1.54, 1.807) is 6.07 Å². The number of benzene rings is 2. The third-order valence-electron chi connectivity index (χ3n) is 3.71. The summed E-state index contributed by atoms with van der Waals surface area (Å²) >= 11 is 12.2. The van der Waals surface area contributed by atoms with Crippen LogP contribution in [-0.2, 0) is 6.42 Å². The van der Waals surface area contributed by atoms with Crippen molar-refractivity contribution in [3.63, 3.8) is 0 Å². The second-order valence-electron chi connectivity index (χ2n) is 5.09. The van der Waals surface area contributed by atoms with Crippen molar-refractivity contribution in [3.05, 3.63) is 63.6 Å². The van der Waals surface area contributed by atoms with Crippen molar-refractivity contribution in [2.75, 3.05) is 18.5 Å². The highest BCUT2D eigenvalue weighted by molar-refractivity contribution is 6.34. The smallest absolute Gasteiger partial charge is 0.0662 e. The molecule has 0 aliphatic rings. The predicted octanol–water partition coefficient (Wildman–Crippen LogP) is 4.69. The SMILES string of the molecule is CCc1ccc(N(C)C(CN)c2cc(Cl)cc(Cl)c2)cc1. The molecule has 0 fully saturated rings. The van der Waals surface area contributed by atoms with Crippen LogP contribution in [0.4, 0.5) is 5.69 Å². The van der Waals surface area contributed by atoms with Crippen LogP contribution in [0.5, 0.6) is 0 Å². The van der Waals surface area contributed by atoms with Crippen molar-refractivity contribution < 1.29 is 0 Å². The Balaban J connectivity index is 2.30. The molecule has 0 saturated heterocycles. The molecule has 2 aromatic carbocycles. The fourth-order valence-corrected chi connectivity index (χ4v) is 2.98. The standard InChI is InChI=1S/C17H20Cl2N2/c1-3-12-4-6-16(7-5-12)21(2)17(11-20)13-8-14(18)10-15(19)9-13/h4-10,17H,3,11,20H2,1-2H3. The number of anilines is 1. The van der Waals surface area contributed by atoms with Crippen molar-refractivity contribution in [2.24, 2.45) is 5.73 Å². The minimum Gasteiger partial charge on any atom is -0.366 e. The first-order valence-corrected chi connectivity index (χ1v) is 7.78. The summed E-state index contributed by atoms with van der Waals surface area (Å²) in [6.45, 7) is 2.64. The van der Waals surface area contributed by atoms with Crippen LogP contribution in [0.1, 0.15) is 24.1 Å². The quantitative estimate of drug-likeness (QED) is 0.865. The zero-order chi connectivity index (χ0) is 15.4. The van der Waals surface area contributed by atoms with Gasteiger partial charge >= 0.3 is 0 Å². The van der Waals surface area contributed by atoms with E-state index >= 15 is 0 Å². The number of nitrogens with two attached hydrogens (primary N) is 1. The molecule has 2 rings (SSSR count). The second kappa shape index (κ2) is 7.17. The summed E-state index contributed by atoms with van der Waals surface area (Å²) in [5, 5.41) is 1.26. The van der Waals surface area contributed by atoms with Crippen LogP contribution in [0.2, 0.25) is 10.0 Å². The summed E-state index contributed by atoms with van der Waals surface area (Å²) in [5.74, 6) is 0. The zero-order valence-electron chi connectivity index (χ0n) is 12.3. The first kappa shape index (κ1) is 16.2. The number of nitrogens with zero attached hydrogens (tertiary/aromatic N) is 1. The van der Waals surface area contributed by atoms with Gasteiger partial charge in [-0.3, -0.25) is 0 Å². The van der Waals surface area contributed by atoms with E-state index in [-0.39, 0.29) is 6.04 Å². The normalized spacial score (nSPS) is 12.2. The van der Waals surface area contributed by atoms with Crippen LogP contribution < -0.4 is 10.6 Å². The highest BCUT2D eigenvalue weighted by Crippen LogP contribution is 2.29. The minimum absolute atomic E-state index is 0.0358. The lowest BCUT2D eigenvalue weighted by Gasteiger charge is -2.30. The van der Waals surface area contributed by atoms with E-state index in [0.29, 0.717) is 16.6 Å². The molecular weight excluding hydrogens is 303 g/mol. The number of rotatable bonds is 5. The van der Waals surface area contributed by atoms with E-state index in [0.717, 1.165) is 17.7 Å². The van der Waals surface area contributed by atoms with Gasteiger partial charge in [-0.2, -0.15) is 0 Å². The zero-order valence-corrected chi connectivity index (χ0v) is 13.8. The van der Waals surface area contributed by atoms with E-state index in [1.165, 1.54) is 5.56 Å². The van der Waals surface area contributed by atoms with Gasteiger partial charge in [0.05, 0.1) is 6.04 Å². The third-order valence-corrected chi connectivity index (χ3v) is 4.15. The van der Waals surface area contributed by atoms with E-state index in [4.69, 9.17) is 28.9 Å². The molecule has 1 atom stereocenters. The van der Waals surface area contributed by atoms with Crippen molar-refractivity contribution in [3.8, 4) is 0 Å². The molecule has 112 valence electrons. The Morgan fingerprint density at radius 1 is 1.05 bits per heavy atom. The van der Waals surface area contributed by atoms with Crippen molar-refractivity contribution in [1.29, 1.82) is 0 Å². The molecule has 2 nitrogen and oxygen atoms in total. The van der Waals surface area contributed by atoms with E-state index in [1.807, 2.05) is 19.2 Å². The number of hydrogen-bond donors (Lipinski definition) is 1. The van der Waals surface area contributed by atoms with Crippen LogP contribution >= 0.6 is 23.2 Å². The summed E-state index contributed by atoms with van der Waals surface area (Å²) in [6.07, 6.45) is 1.04. The lowest BCUT2D eigenvalue weighted by atomic mass is 10.0. The van der Waals surface area contributed by atoms with Crippen LogP contribution in [0.25, 0.3) is 0 Å². The maximum absolute atomic E-state index is 6.10. The van der Waals surface area contributed by atoms with Crippen molar-refractivity contribution in [2.45, 2.75) is 19.4 Å². The first-order valence-electron chi connectivity index (χ1n) is 7.03. The van der Waals surface area contributed by atoms with E-state index in [9.17, 15) is 0 Å². The van der Waals surface area contributed by atoms with Gasteiger partial charge in [0.15, 0.2) is 0 Å². The van der Waals surface area contributed by atoms with Gasteiger partial charge in [0, 0.05) is 29.3 Å². The second-order valence-corrected chi connectivity index (χ2v) is 5.96. The maximum Gasteiger partial charge on any atom is 0.0662 e. The van der Waals surface area contributed by atoms with Crippen LogP contribution in [-0.4, -0.2) is 13.6 Å². The summed E-state index contributed by atoms with van der Waals surface area (Å²) in [4.78, 5) is 2.15. The van der Waals surface area contributed by atoms with Gasteiger partial charge in [-0.1, -0.05) is 42.3 Å². The molecule has 0 aliphatic carbocycles. The summed E-state index contributed by atoms with van der Waals surface area (Å²) < 4.78 is 0. The van der Waals surface area contributed by atoms with Gasteiger partial charge < -0.3 is 10.6 Å². The van der Waals surface area contributed by atoms with Gasteiger partial charge in [-0.25, -0.2) is 0 Å².